The lowest BCUT2D eigenvalue weighted by atomic mass is 9.43. The van der Waals surface area contributed by atoms with Gasteiger partial charge in [0.2, 0.25) is 0 Å². The summed E-state index contributed by atoms with van der Waals surface area (Å²) in [6.45, 7) is 7.01. The summed E-state index contributed by atoms with van der Waals surface area (Å²) in [6.07, 6.45) is 7.62. The van der Waals surface area contributed by atoms with Gasteiger partial charge in [-0.2, -0.15) is 0 Å². The molecule has 31 heavy (non-hydrogen) atoms. The molecule has 166 valence electrons. The summed E-state index contributed by atoms with van der Waals surface area (Å²) < 4.78 is 6.41. The molecular formula is C28H36O3. The average molecular weight is 421 g/mol. The monoisotopic (exact) mass is 420 g/mol. The topological polar surface area (TPSA) is 43.4 Å². The molecule has 1 aromatic carbocycles. The molecule has 0 N–H and O–H groups in total. The van der Waals surface area contributed by atoms with Crippen molar-refractivity contribution in [2.24, 2.45) is 52.3 Å². The lowest BCUT2D eigenvalue weighted by molar-refractivity contribution is -0.205. The quantitative estimate of drug-likeness (QED) is 0.345. The molecule has 7 aliphatic rings. The van der Waals surface area contributed by atoms with Gasteiger partial charge in [-0.3, -0.25) is 9.59 Å². The summed E-state index contributed by atoms with van der Waals surface area (Å²) in [5.41, 5.74) is 0.0984. The number of Topliss-reactive ketones (excluding diaryl/α,β-unsaturated/α-hetero) is 1. The second kappa shape index (κ2) is 6.68. The highest BCUT2D eigenvalue weighted by Crippen LogP contribution is 2.65. The molecule has 6 bridgehead atoms. The molecule has 0 saturated heterocycles. The van der Waals surface area contributed by atoms with E-state index in [9.17, 15) is 9.59 Å². The summed E-state index contributed by atoms with van der Waals surface area (Å²) >= 11 is 0. The maximum atomic E-state index is 14.1. The number of rotatable bonds is 4. The Bertz CT molecular complexity index is 872. The van der Waals surface area contributed by atoms with Crippen LogP contribution in [-0.4, -0.2) is 17.9 Å². The van der Waals surface area contributed by atoms with E-state index in [2.05, 4.69) is 20.8 Å². The summed E-state index contributed by atoms with van der Waals surface area (Å²) in [5, 5.41) is 0. The molecule has 0 spiro atoms. The van der Waals surface area contributed by atoms with Crippen molar-refractivity contribution in [1.29, 1.82) is 0 Å². The van der Waals surface area contributed by atoms with E-state index in [0.717, 1.165) is 32.1 Å². The van der Waals surface area contributed by atoms with Crippen LogP contribution in [0.2, 0.25) is 0 Å². The van der Waals surface area contributed by atoms with Gasteiger partial charge in [0.15, 0.2) is 5.78 Å². The number of ketones is 1. The Hall–Kier alpha value is -1.64. The van der Waals surface area contributed by atoms with Crippen LogP contribution < -0.4 is 0 Å². The number of carbonyl (C=O) groups excluding carboxylic acids is 2. The van der Waals surface area contributed by atoms with Gasteiger partial charge in [0.25, 0.3) is 0 Å². The van der Waals surface area contributed by atoms with Gasteiger partial charge in [0.05, 0.1) is 0 Å². The van der Waals surface area contributed by atoms with Crippen LogP contribution in [0.3, 0.4) is 0 Å². The first-order valence-electron chi connectivity index (χ1n) is 12.6. The molecule has 4 atom stereocenters. The van der Waals surface area contributed by atoms with E-state index < -0.39 is 5.41 Å². The highest BCUT2D eigenvalue weighted by Gasteiger charge is 2.66. The van der Waals surface area contributed by atoms with Crippen LogP contribution in [0.4, 0.5) is 0 Å². The van der Waals surface area contributed by atoms with E-state index >= 15 is 0 Å². The third kappa shape index (κ3) is 2.64. The van der Waals surface area contributed by atoms with Crippen molar-refractivity contribution in [3.8, 4) is 0 Å². The number of esters is 1. The van der Waals surface area contributed by atoms with Gasteiger partial charge in [-0.1, -0.05) is 51.1 Å². The molecule has 0 heterocycles. The van der Waals surface area contributed by atoms with E-state index in [1.807, 2.05) is 30.3 Å². The third-order valence-electron chi connectivity index (χ3n) is 10.7. The predicted molar refractivity (Wildman–Crippen MR) is 119 cm³/mol. The Labute approximate surface area is 186 Å². The molecule has 7 fully saturated rings. The first kappa shape index (κ1) is 20.0. The maximum Gasteiger partial charge on any atom is 0.320 e. The minimum absolute atomic E-state index is 0.0260. The van der Waals surface area contributed by atoms with E-state index in [0.29, 0.717) is 40.6 Å². The molecule has 0 radical (unpaired) electrons. The predicted octanol–water partition coefficient (Wildman–Crippen LogP) is 5.93. The smallest absolute Gasteiger partial charge is 0.320 e. The van der Waals surface area contributed by atoms with Gasteiger partial charge in [0.1, 0.15) is 11.5 Å². The summed E-state index contributed by atoms with van der Waals surface area (Å²) in [4.78, 5) is 28.2. The molecular weight excluding hydrogens is 384 g/mol. The first-order valence-corrected chi connectivity index (χ1v) is 12.6. The standard InChI is InChI=1S/C28H36O3/c1-16-23-14-20(27(23,2)3)15-24(16)31-26(30)28(25(29)19-7-5-4-6-8-19)21-10-17-9-18(12-21)13-22(28)11-17/h4-8,16-18,20-24H,9-15H2,1-3H3/t16-,17?,18?,20+,21?,22?,23-,24-,28?/m0/s1. The Morgan fingerprint density at radius 2 is 1.45 bits per heavy atom. The summed E-state index contributed by atoms with van der Waals surface area (Å²) in [5.74, 6) is 3.25. The lowest BCUT2D eigenvalue weighted by Crippen LogP contribution is -2.63. The highest BCUT2D eigenvalue weighted by atomic mass is 16.5. The fourth-order valence-corrected chi connectivity index (χ4v) is 9.05. The maximum absolute atomic E-state index is 14.1. The zero-order chi connectivity index (χ0) is 21.5. The minimum Gasteiger partial charge on any atom is -0.461 e. The number of hydrogen-bond donors (Lipinski definition) is 0. The van der Waals surface area contributed by atoms with E-state index in [4.69, 9.17) is 4.74 Å². The Morgan fingerprint density at radius 3 is 2.00 bits per heavy atom. The van der Waals surface area contributed by atoms with Crippen LogP contribution in [0.25, 0.3) is 0 Å². The van der Waals surface area contributed by atoms with Crippen LogP contribution >= 0.6 is 0 Å². The number of benzene rings is 1. The Morgan fingerprint density at radius 1 is 0.839 bits per heavy atom. The van der Waals surface area contributed by atoms with Crippen LogP contribution in [-0.2, 0) is 9.53 Å². The zero-order valence-electron chi connectivity index (χ0n) is 19.2. The van der Waals surface area contributed by atoms with Gasteiger partial charge in [0, 0.05) is 5.56 Å². The molecule has 8 rings (SSSR count). The summed E-state index contributed by atoms with van der Waals surface area (Å²) in [7, 11) is 0. The van der Waals surface area contributed by atoms with Crippen molar-refractivity contribution in [3.05, 3.63) is 35.9 Å². The fourth-order valence-electron chi connectivity index (χ4n) is 9.05. The van der Waals surface area contributed by atoms with Crippen molar-refractivity contribution in [2.45, 2.75) is 71.8 Å². The zero-order valence-corrected chi connectivity index (χ0v) is 19.2. The minimum atomic E-state index is -0.953. The number of carbonyl (C=O) groups is 2. The first-order chi connectivity index (χ1) is 14.8. The van der Waals surface area contributed by atoms with Crippen LogP contribution in [0, 0.1) is 52.3 Å². The molecule has 3 heteroatoms. The summed E-state index contributed by atoms with van der Waals surface area (Å²) in [6, 6.07) is 9.56. The molecule has 0 amide bonds. The van der Waals surface area contributed by atoms with E-state index in [1.54, 1.807) is 0 Å². The molecule has 7 aliphatic carbocycles. The second-order valence-corrected chi connectivity index (χ2v) is 12.3. The van der Waals surface area contributed by atoms with Crippen molar-refractivity contribution in [3.63, 3.8) is 0 Å². The molecule has 0 unspecified atom stereocenters. The van der Waals surface area contributed by atoms with Crippen molar-refractivity contribution >= 4 is 11.8 Å². The van der Waals surface area contributed by atoms with Crippen LogP contribution in [0.5, 0.6) is 0 Å². The number of fused-ring (bicyclic) bond motifs is 2. The normalized spacial score (nSPS) is 46.3. The SMILES string of the molecule is C[C@@H]1[C@@H](OC(=O)C2(C(=O)c3ccccc3)C3CC4CC(C3)CC2C4)C[C@H]2C[C@@H]1C2(C)C. The Balaban J connectivity index is 1.34. The average Bonchev–Trinajstić information content (AvgIpc) is 2.74. The van der Waals surface area contributed by atoms with Gasteiger partial charge in [-0.25, -0.2) is 0 Å². The van der Waals surface area contributed by atoms with Crippen molar-refractivity contribution in [1.82, 2.24) is 0 Å². The van der Waals surface area contributed by atoms with E-state index in [-0.39, 0.29) is 29.7 Å². The molecule has 7 saturated carbocycles. The molecule has 1 aromatic rings. The molecule has 0 aliphatic heterocycles. The van der Waals surface area contributed by atoms with Gasteiger partial charge in [-0.05, 0) is 91.8 Å². The van der Waals surface area contributed by atoms with Gasteiger partial charge >= 0.3 is 5.97 Å². The fraction of sp³-hybridized carbons (Fsp3) is 0.714. The van der Waals surface area contributed by atoms with Gasteiger partial charge < -0.3 is 4.74 Å². The molecule has 0 aromatic heterocycles. The highest BCUT2D eigenvalue weighted by molar-refractivity contribution is 6.13. The van der Waals surface area contributed by atoms with Crippen molar-refractivity contribution in [2.75, 3.05) is 0 Å². The van der Waals surface area contributed by atoms with Crippen molar-refractivity contribution < 1.29 is 14.3 Å². The van der Waals surface area contributed by atoms with Gasteiger partial charge in [-0.15, -0.1) is 0 Å². The Kier molecular flexibility index (Phi) is 4.31. The third-order valence-corrected chi connectivity index (χ3v) is 10.7. The lowest BCUT2D eigenvalue weighted by Gasteiger charge is -2.62. The number of hydrogen-bond acceptors (Lipinski definition) is 3. The van der Waals surface area contributed by atoms with Crippen LogP contribution in [0.15, 0.2) is 30.3 Å². The number of ether oxygens (including phenoxy) is 1. The molecule has 3 nitrogen and oxygen atoms in total. The largest absolute Gasteiger partial charge is 0.461 e. The van der Waals surface area contributed by atoms with E-state index in [1.165, 1.54) is 12.8 Å². The second-order valence-electron chi connectivity index (χ2n) is 12.3. The van der Waals surface area contributed by atoms with Crippen LogP contribution in [0.1, 0.15) is 76.1 Å².